The Kier molecular flexibility index (Phi) is 6.76. The Bertz CT molecular complexity index is 880. The molecule has 0 saturated carbocycles. The first-order chi connectivity index (χ1) is 13.4. The van der Waals surface area contributed by atoms with Crippen LogP contribution in [0.15, 0.2) is 40.2 Å². The summed E-state index contributed by atoms with van der Waals surface area (Å²) in [5.41, 5.74) is 0.961. The van der Waals surface area contributed by atoms with Crippen LogP contribution in [0.2, 0.25) is 0 Å². The first kappa shape index (κ1) is 20.4. The van der Waals surface area contributed by atoms with Crippen LogP contribution in [0.4, 0.5) is 5.69 Å². The molecule has 1 aliphatic rings. The van der Waals surface area contributed by atoms with Crippen LogP contribution in [-0.2, 0) is 11.3 Å². The summed E-state index contributed by atoms with van der Waals surface area (Å²) >= 11 is 4.63. The van der Waals surface area contributed by atoms with Crippen molar-refractivity contribution in [3.63, 3.8) is 0 Å². The second-order valence-electron chi connectivity index (χ2n) is 6.37. The van der Waals surface area contributed by atoms with Crippen molar-refractivity contribution in [2.45, 2.75) is 6.54 Å². The number of piperazine rings is 1. The minimum absolute atomic E-state index is 0.0285. The minimum Gasteiger partial charge on any atom is -0.342 e. The lowest BCUT2D eigenvalue weighted by atomic mass is 10.1. The quantitative estimate of drug-likeness (QED) is 0.521. The van der Waals surface area contributed by atoms with Crippen LogP contribution in [0.25, 0.3) is 0 Å². The van der Waals surface area contributed by atoms with Gasteiger partial charge < -0.3 is 10.2 Å². The Morgan fingerprint density at radius 3 is 2.57 bits per heavy atom. The summed E-state index contributed by atoms with van der Waals surface area (Å²) < 4.78 is 0.865. The molecule has 148 valence electrons. The molecular formula is C18H19BrN4O4S. The van der Waals surface area contributed by atoms with Crippen LogP contribution in [-0.4, -0.2) is 59.3 Å². The first-order valence-corrected chi connectivity index (χ1v) is 10.3. The maximum atomic E-state index is 12.3. The van der Waals surface area contributed by atoms with Crippen LogP contribution in [0.5, 0.6) is 0 Å². The number of nitro benzene ring substituents is 1. The summed E-state index contributed by atoms with van der Waals surface area (Å²) in [4.78, 5) is 39.3. The molecule has 0 radical (unpaired) electrons. The lowest BCUT2D eigenvalue weighted by Crippen LogP contribution is -2.50. The molecule has 1 aromatic heterocycles. The van der Waals surface area contributed by atoms with E-state index in [1.165, 1.54) is 17.4 Å². The zero-order chi connectivity index (χ0) is 20.1. The Morgan fingerprint density at radius 2 is 1.93 bits per heavy atom. The summed E-state index contributed by atoms with van der Waals surface area (Å²) in [5, 5.41) is 13.5. The number of amides is 2. The number of carbonyl (C=O) groups is 2. The molecule has 3 rings (SSSR count). The molecule has 28 heavy (non-hydrogen) atoms. The maximum absolute atomic E-state index is 12.3. The van der Waals surface area contributed by atoms with Gasteiger partial charge in [-0.25, -0.2) is 0 Å². The van der Waals surface area contributed by atoms with Gasteiger partial charge in [0.15, 0.2) is 0 Å². The molecular weight excluding hydrogens is 448 g/mol. The van der Waals surface area contributed by atoms with E-state index in [1.54, 1.807) is 29.2 Å². The van der Waals surface area contributed by atoms with E-state index in [2.05, 4.69) is 26.1 Å². The molecule has 8 nitrogen and oxygen atoms in total. The maximum Gasteiger partial charge on any atom is 0.269 e. The molecule has 0 bridgehead atoms. The molecule has 1 aliphatic heterocycles. The molecule has 2 amide bonds. The second kappa shape index (κ2) is 9.26. The van der Waals surface area contributed by atoms with Crippen LogP contribution < -0.4 is 5.32 Å². The topological polar surface area (TPSA) is 95.8 Å². The molecule has 2 aromatic rings. The predicted molar refractivity (Wildman–Crippen MR) is 109 cm³/mol. The van der Waals surface area contributed by atoms with E-state index in [0.29, 0.717) is 37.6 Å². The van der Waals surface area contributed by atoms with Crippen molar-refractivity contribution in [2.75, 3.05) is 32.7 Å². The van der Waals surface area contributed by atoms with Crippen molar-refractivity contribution in [2.24, 2.45) is 0 Å². The highest BCUT2D eigenvalue weighted by atomic mass is 79.9. The van der Waals surface area contributed by atoms with Crippen molar-refractivity contribution in [3.8, 4) is 0 Å². The van der Waals surface area contributed by atoms with Crippen molar-refractivity contribution in [3.05, 3.63) is 60.7 Å². The minimum atomic E-state index is -0.400. The molecule has 0 aliphatic carbocycles. The van der Waals surface area contributed by atoms with Crippen molar-refractivity contribution in [1.82, 2.24) is 15.1 Å². The highest BCUT2D eigenvalue weighted by Gasteiger charge is 2.22. The number of thiophene rings is 1. The van der Waals surface area contributed by atoms with Crippen molar-refractivity contribution in [1.29, 1.82) is 0 Å². The fraction of sp³-hybridized carbons (Fsp3) is 0.333. The second-order valence-corrected chi connectivity index (χ2v) is 8.83. The number of hydrogen-bond donors (Lipinski definition) is 1. The van der Waals surface area contributed by atoms with Gasteiger partial charge in [-0.2, -0.15) is 0 Å². The first-order valence-electron chi connectivity index (χ1n) is 8.69. The zero-order valence-corrected chi connectivity index (χ0v) is 17.4. The zero-order valence-electron chi connectivity index (χ0n) is 15.0. The summed E-state index contributed by atoms with van der Waals surface area (Å²) in [6.07, 6.45) is 0. The fourth-order valence-electron chi connectivity index (χ4n) is 2.97. The average Bonchev–Trinajstić information content (AvgIpc) is 3.13. The number of carbonyl (C=O) groups excluding carboxylic acids is 2. The van der Waals surface area contributed by atoms with Gasteiger partial charge in [0.05, 0.1) is 20.1 Å². The Labute approximate surface area is 174 Å². The lowest BCUT2D eigenvalue weighted by Gasteiger charge is -2.34. The summed E-state index contributed by atoms with van der Waals surface area (Å²) in [7, 11) is 0. The van der Waals surface area contributed by atoms with Gasteiger partial charge in [0.25, 0.3) is 11.6 Å². The van der Waals surface area contributed by atoms with Gasteiger partial charge in [0, 0.05) is 44.9 Å². The van der Waals surface area contributed by atoms with Crippen molar-refractivity contribution >= 4 is 44.8 Å². The number of rotatable bonds is 6. The summed E-state index contributed by atoms with van der Waals surface area (Å²) in [6, 6.07) is 10.1. The average molecular weight is 467 g/mol. The molecule has 1 N–H and O–H groups in total. The van der Waals surface area contributed by atoms with Gasteiger partial charge in [0.1, 0.15) is 0 Å². The van der Waals surface area contributed by atoms with Crippen molar-refractivity contribution < 1.29 is 14.5 Å². The van der Waals surface area contributed by atoms with Crippen LogP contribution >= 0.6 is 27.3 Å². The van der Waals surface area contributed by atoms with E-state index in [0.717, 1.165) is 9.35 Å². The predicted octanol–water partition coefficient (Wildman–Crippen LogP) is 2.49. The van der Waals surface area contributed by atoms with Gasteiger partial charge in [-0.15, -0.1) is 11.3 Å². The highest BCUT2D eigenvalue weighted by molar-refractivity contribution is 9.11. The third-order valence-corrected chi connectivity index (χ3v) is 6.07. The number of hydrogen-bond acceptors (Lipinski definition) is 6. The third kappa shape index (κ3) is 5.37. The van der Waals surface area contributed by atoms with Crippen LogP contribution in [0, 0.1) is 10.1 Å². The summed E-state index contributed by atoms with van der Waals surface area (Å²) in [5.74, 6) is -0.368. The number of nitrogens with zero attached hydrogens (tertiary/aromatic N) is 3. The number of non-ortho nitro benzene ring substituents is 1. The molecule has 0 atom stereocenters. The van der Waals surface area contributed by atoms with E-state index in [9.17, 15) is 19.7 Å². The van der Waals surface area contributed by atoms with E-state index in [1.807, 2.05) is 6.07 Å². The van der Waals surface area contributed by atoms with E-state index in [-0.39, 0.29) is 24.0 Å². The van der Waals surface area contributed by atoms with Gasteiger partial charge in [-0.05, 0) is 33.6 Å². The van der Waals surface area contributed by atoms with Gasteiger partial charge in [-0.1, -0.05) is 12.1 Å². The van der Waals surface area contributed by atoms with Crippen LogP contribution in [0.3, 0.4) is 0 Å². The standard InChI is InChI=1S/C18H19BrN4O4S/c19-16-5-4-15(28-16)18(25)20-11-17(24)22-8-6-21(7-9-22)12-13-2-1-3-14(10-13)23(26)27/h1-5,10H,6-9,11-12H2,(H,20,25). The number of nitrogens with one attached hydrogen (secondary N) is 1. The third-order valence-electron chi connectivity index (χ3n) is 4.45. The fourth-order valence-corrected chi connectivity index (χ4v) is 4.28. The Morgan fingerprint density at radius 1 is 1.18 bits per heavy atom. The molecule has 10 heteroatoms. The van der Waals surface area contributed by atoms with Gasteiger partial charge in [-0.3, -0.25) is 24.6 Å². The molecule has 1 fully saturated rings. The molecule has 0 unspecified atom stereocenters. The molecule has 0 spiro atoms. The van der Waals surface area contributed by atoms with Gasteiger partial charge in [0.2, 0.25) is 5.91 Å². The Hall–Kier alpha value is -2.30. The molecule has 1 aromatic carbocycles. The van der Waals surface area contributed by atoms with E-state index < -0.39 is 4.92 Å². The number of benzene rings is 1. The van der Waals surface area contributed by atoms with E-state index >= 15 is 0 Å². The Balaban J connectivity index is 1.44. The highest BCUT2D eigenvalue weighted by Crippen LogP contribution is 2.21. The summed E-state index contributed by atoms with van der Waals surface area (Å²) in [6.45, 7) is 3.07. The van der Waals surface area contributed by atoms with Crippen LogP contribution in [0.1, 0.15) is 15.2 Å². The largest absolute Gasteiger partial charge is 0.342 e. The molecule has 1 saturated heterocycles. The smallest absolute Gasteiger partial charge is 0.269 e. The molecule has 2 heterocycles. The normalized spacial score (nSPS) is 14.7. The van der Waals surface area contributed by atoms with E-state index in [4.69, 9.17) is 0 Å². The lowest BCUT2D eigenvalue weighted by molar-refractivity contribution is -0.384. The number of nitro groups is 1. The monoisotopic (exact) mass is 466 g/mol. The van der Waals surface area contributed by atoms with Gasteiger partial charge >= 0.3 is 0 Å². The SMILES string of the molecule is O=C(NCC(=O)N1CCN(Cc2cccc([N+](=O)[O-])c2)CC1)c1ccc(Br)s1. The number of halogens is 1.